The van der Waals surface area contributed by atoms with Crippen molar-refractivity contribution in [2.45, 2.75) is 19.0 Å². The molecule has 0 aromatic rings. The Morgan fingerprint density at radius 1 is 1.70 bits per heavy atom. The molecule has 2 unspecified atom stereocenters. The fraction of sp³-hybridized carbons (Fsp3) is 0.667. The summed E-state index contributed by atoms with van der Waals surface area (Å²) in [5.41, 5.74) is -0.769. The molecule has 1 fully saturated rings. The highest BCUT2D eigenvalue weighted by Gasteiger charge is 2.47. The smallest absolute Gasteiger partial charge is 0.294 e. The lowest BCUT2D eigenvalue weighted by molar-refractivity contribution is -0.124. The predicted octanol–water partition coefficient (Wildman–Crippen LogP) is 0.744. The predicted molar refractivity (Wildman–Crippen MR) is 36.6 cm³/mol. The van der Waals surface area contributed by atoms with Crippen LogP contribution >= 0.6 is 7.80 Å². The lowest BCUT2D eigenvalue weighted by Crippen LogP contribution is -2.18. The van der Waals surface area contributed by atoms with Crippen LogP contribution < -0.4 is 0 Å². The summed E-state index contributed by atoms with van der Waals surface area (Å²) in [4.78, 5) is 21.5. The molecule has 0 radical (unpaired) electrons. The highest BCUT2D eigenvalue weighted by Crippen LogP contribution is 2.37. The van der Waals surface area contributed by atoms with Crippen molar-refractivity contribution < 1.29 is 14.2 Å². The largest absolute Gasteiger partial charge is 0.358 e. The van der Waals surface area contributed by atoms with Crippen molar-refractivity contribution in [2.24, 2.45) is 0 Å². The Morgan fingerprint density at radius 3 is 2.50 bits per heavy atom. The van der Waals surface area contributed by atoms with E-state index in [2.05, 4.69) is 0 Å². The Balaban J connectivity index is 2.82. The fourth-order valence-corrected chi connectivity index (χ4v) is 2.63. The maximum absolute atomic E-state index is 10.9. The molecule has 0 aromatic carbocycles. The van der Waals surface area contributed by atoms with Crippen LogP contribution in [0.1, 0.15) is 13.3 Å². The Bertz CT molecular complexity index is 193. The second-order valence-corrected chi connectivity index (χ2v) is 4.17. The molecule has 0 aromatic heterocycles. The minimum Gasteiger partial charge on any atom is -0.294 e. The van der Waals surface area contributed by atoms with Crippen molar-refractivity contribution in [2.75, 3.05) is 6.16 Å². The first kappa shape index (κ1) is 7.55. The summed E-state index contributed by atoms with van der Waals surface area (Å²) in [6.45, 7) is 1.32. The number of carbonyl (C=O) groups excluding carboxylic acids is 2. The molecule has 0 N–H and O–H groups in total. The molecule has 1 saturated heterocycles. The second-order valence-electron chi connectivity index (χ2n) is 2.37. The van der Waals surface area contributed by atoms with Gasteiger partial charge < -0.3 is 0 Å². The Morgan fingerprint density at radius 2 is 2.30 bits per heavy atom. The molecule has 0 saturated carbocycles. The SMILES string of the molecule is CC(=O)C1C(=O)CC[P+]1=O. The van der Waals surface area contributed by atoms with Gasteiger partial charge in [0.2, 0.25) is 0 Å². The maximum atomic E-state index is 10.9. The average Bonchev–Trinajstić information content (AvgIpc) is 2.11. The van der Waals surface area contributed by atoms with Crippen molar-refractivity contribution >= 4 is 19.4 Å². The molecule has 0 bridgehead atoms. The first-order valence-corrected chi connectivity index (χ1v) is 4.61. The highest BCUT2D eigenvalue weighted by atomic mass is 31.1. The highest BCUT2D eigenvalue weighted by molar-refractivity contribution is 7.49. The zero-order valence-corrected chi connectivity index (χ0v) is 6.56. The van der Waals surface area contributed by atoms with E-state index in [0.29, 0.717) is 12.6 Å². The van der Waals surface area contributed by atoms with E-state index in [0.717, 1.165) is 0 Å². The molecule has 1 heterocycles. The standard InChI is InChI=1S/C6H8O3P/c1-4(7)6-5(8)2-3-10(6)9/h6H,2-3H2,1H3/q+1. The van der Waals surface area contributed by atoms with Crippen LogP contribution in [0.15, 0.2) is 0 Å². The first-order valence-electron chi connectivity index (χ1n) is 3.10. The molecule has 1 aliphatic rings. The quantitative estimate of drug-likeness (QED) is 0.419. The molecule has 2 atom stereocenters. The molecule has 54 valence electrons. The number of ketones is 2. The zero-order chi connectivity index (χ0) is 7.72. The Labute approximate surface area is 59.6 Å². The monoisotopic (exact) mass is 159 g/mol. The van der Waals surface area contributed by atoms with Gasteiger partial charge in [-0.25, -0.2) is 0 Å². The third-order valence-corrected chi connectivity index (χ3v) is 3.45. The minimum absolute atomic E-state index is 0.145. The topological polar surface area (TPSA) is 51.2 Å². The van der Waals surface area contributed by atoms with Crippen molar-refractivity contribution in [1.29, 1.82) is 0 Å². The summed E-state index contributed by atoms with van der Waals surface area (Å²) in [6, 6.07) is 0. The third kappa shape index (κ3) is 1.14. The van der Waals surface area contributed by atoms with E-state index in [9.17, 15) is 14.2 Å². The van der Waals surface area contributed by atoms with Gasteiger partial charge in [0, 0.05) is 0 Å². The molecule has 4 heteroatoms. The van der Waals surface area contributed by atoms with Gasteiger partial charge in [-0.3, -0.25) is 9.59 Å². The maximum Gasteiger partial charge on any atom is 0.358 e. The van der Waals surface area contributed by atoms with Crippen LogP contribution in [0.3, 0.4) is 0 Å². The van der Waals surface area contributed by atoms with Gasteiger partial charge in [0.1, 0.15) is 0 Å². The lowest BCUT2D eigenvalue weighted by atomic mass is 10.2. The Kier molecular flexibility index (Phi) is 1.95. The molecule has 0 aliphatic carbocycles. The summed E-state index contributed by atoms with van der Waals surface area (Å²) < 4.78 is 10.9. The van der Waals surface area contributed by atoms with Gasteiger partial charge in [-0.2, -0.15) is 0 Å². The third-order valence-electron chi connectivity index (χ3n) is 1.56. The fourth-order valence-electron chi connectivity index (χ4n) is 1.08. The molecule has 1 aliphatic heterocycles. The normalized spacial score (nSPS) is 29.1. The number of carbonyl (C=O) groups is 2. The van der Waals surface area contributed by atoms with E-state index < -0.39 is 13.5 Å². The van der Waals surface area contributed by atoms with E-state index in [1.54, 1.807) is 0 Å². The van der Waals surface area contributed by atoms with Crippen molar-refractivity contribution in [1.82, 2.24) is 0 Å². The number of rotatable bonds is 1. The Hall–Kier alpha value is -0.560. The number of Topliss-reactive ketones (excluding diaryl/α,β-unsaturated/α-hetero) is 2. The van der Waals surface area contributed by atoms with Crippen molar-refractivity contribution in [3.8, 4) is 0 Å². The summed E-state index contributed by atoms with van der Waals surface area (Å²) in [7, 11) is -1.56. The number of hydrogen-bond acceptors (Lipinski definition) is 3. The van der Waals surface area contributed by atoms with E-state index in [1.165, 1.54) is 6.92 Å². The summed E-state index contributed by atoms with van der Waals surface area (Å²) in [6.07, 6.45) is 0.720. The van der Waals surface area contributed by atoms with E-state index in [1.807, 2.05) is 0 Å². The molecular weight excluding hydrogens is 151 g/mol. The van der Waals surface area contributed by atoms with Crippen LogP contribution in [0.5, 0.6) is 0 Å². The molecule has 0 amide bonds. The van der Waals surface area contributed by atoms with Gasteiger partial charge in [-0.15, -0.1) is 0 Å². The lowest BCUT2D eigenvalue weighted by Gasteiger charge is -1.88. The van der Waals surface area contributed by atoms with Crippen molar-refractivity contribution in [3.05, 3.63) is 0 Å². The van der Waals surface area contributed by atoms with Gasteiger partial charge in [0.25, 0.3) is 5.66 Å². The van der Waals surface area contributed by atoms with Gasteiger partial charge in [0.15, 0.2) is 17.7 Å². The average molecular weight is 159 g/mol. The van der Waals surface area contributed by atoms with Crippen LogP contribution in [0.2, 0.25) is 0 Å². The summed E-state index contributed by atoms with van der Waals surface area (Å²) >= 11 is 0. The molecule has 1 rings (SSSR count). The van der Waals surface area contributed by atoms with Gasteiger partial charge in [-0.05, 0) is 6.92 Å². The van der Waals surface area contributed by atoms with Crippen LogP contribution in [-0.2, 0) is 14.2 Å². The van der Waals surface area contributed by atoms with Crippen LogP contribution in [0, 0.1) is 0 Å². The molecule has 3 nitrogen and oxygen atoms in total. The summed E-state index contributed by atoms with van der Waals surface area (Å²) in [5, 5.41) is 0. The minimum atomic E-state index is -1.56. The van der Waals surface area contributed by atoms with Crippen LogP contribution in [0.25, 0.3) is 0 Å². The van der Waals surface area contributed by atoms with Crippen LogP contribution in [0.4, 0.5) is 0 Å². The second kappa shape index (κ2) is 2.59. The zero-order valence-electron chi connectivity index (χ0n) is 5.66. The van der Waals surface area contributed by atoms with E-state index in [-0.39, 0.29) is 11.6 Å². The molecule has 0 spiro atoms. The molecule has 10 heavy (non-hydrogen) atoms. The molecular formula is C6H8O3P+. The van der Waals surface area contributed by atoms with E-state index >= 15 is 0 Å². The van der Waals surface area contributed by atoms with Gasteiger partial charge >= 0.3 is 7.80 Å². The van der Waals surface area contributed by atoms with Crippen LogP contribution in [-0.4, -0.2) is 23.4 Å². The van der Waals surface area contributed by atoms with Gasteiger partial charge in [-0.1, -0.05) is 4.57 Å². The summed E-state index contributed by atoms with van der Waals surface area (Å²) in [5.74, 6) is -0.391. The van der Waals surface area contributed by atoms with Gasteiger partial charge in [0.05, 0.1) is 6.42 Å². The van der Waals surface area contributed by atoms with E-state index in [4.69, 9.17) is 0 Å². The number of hydrogen-bond donors (Lipinski definition) is 0. The first-order chi connectivity index (χ1) is 4.63. The van der Waals surface area contributed by atoms with Crippen molar-refractivity contribution in [3.63, 3.8) is 0 Å².